The van der Waals surface area contributed by atoms with Crippen LogP contribution in [0.2, 0.25) is 0 Å². The lowest BCUT2D eigenvalue weighted by molar-refractivity contribution is 0.402. The van der Waals surface area contributed by atoms with Crippen molar-refractivity contribution in [1.29, 1.82) is 0 Å². The fraction of sp³-hybridized carbons (Fsp3) is 0.375. The Balaban J connectivity index is 2.21. The van der Waals surface area contributed by atoms with Gasteiger partial charge in [0, 0.05) is 10.3 Å². The minimum Gasteiger partial charge on any atom is -0.250 e. The highest BCUT2D eigenvalue weighted by Crippen LogP contribution is 2.43. The van der Waals surface area contributed by atoms with Crippen molar-refractivity contribution >= 4 is 10.8 Å². The molecule has 0 aromatic heterocycles. The molecular weight excluding hydrogens is 240 g/mol. The Morgan fingerprint density at radius 2 is 1.83 bits per heavy atom. The largest absolute Gasteiger partial charge is 0.250 e. The molecule has 2 heteroatoms. The van der Waals surface area contributed by atoms with Crippen LogP contribution in [0, 0.1) is 12.3 Å². The van der Waals surface area contributed by atoms with Crippen LogP contribution in [0.4, 0.5) is 0 Å². The van der Waals surface area contributed by atoms with Gasteiger partial charge in [0.1, 0.15) is 0 Å². The van der Waals surface area contributed by atoms with E-state index in [1.54, 1.807) is 0 Å². The van der Waals surface area contributed by atoms with E-state index < -0.39 is 10.8 Å². The first-order valence-electron chi connectivity index (χ1n) is 6.23. The fourth-order valence-electron chi connectivity index (χ4n) is 2.39. The molecule has 1 aliphatic rings. The first kappa shape index (κ1) is 13.3. The molecular formula is C16H20OS. The zero-order valence-electron chi connectivity index (χ0n) is 11.3. The number of hydrogen-bond acceptors (Lipinski definition) is 1. The molecule has 1 nitrogen and oxygen atoms in total. The molecule has 0 radical (unpaired) electrons. The number of allylic oxidation sites excluding steroid dienone is 2. The lowest BCUT2D eigenvalue weighted by atomic mass is 9.91. The Morgan fingerprint density at radius 3 is 2.33 bits per heavy atom. The third-order valence-electron chi connectivity index (χ3n) is 3.32. The normalized spacial score (nSPS) is 22.4. The Morgan fingerprint density at radius 1 is 1.22 bits per heavy atom. The average Bonchev–Trinajstić information content (AvgIpc) is 2.52. The van der Waals surface area contributed by atoms with Crippen LogP contribution in [0.15, 0.2) is 52.3 Å². The molecule has 18 heavy (non-hydrogen) atoms. The summed E-state index contributed by atoms with van der Waals surface area (Å²) in [6.07, 6.45) is 1.98. The second-order valence-corrected chi connectivity index (χ2v) is 7.18. The molecule has 1 unspecified atom stereocenters. The van der Waals surface area contributed by atoms with Gasteiger partial charge in [-0.1, -0.05) is 43.7 Å². The predicted octanol–water partition coefficient (Wildman–Crippen LogP) is 4.36. The summed E-state index contributed by atoms with van der Waals surface area (Å²) in [5.41, 5.74) is 3.76. The number of aryl methyl sites for hydroxylation is 1. The van der Waals surface area contributed by atoms with Gasteiger partial charge in [-0.05, 0) is 42.9 Å². The third-order valence-corrected chi connectivity index (χ3v) is 4.55. The zero-order valence-corrected chi connectivity index (χ0v) is 12.1. The summed E-state index contributed by atoms with van der Waals surface area (Å²) in [6, 6.07) is 7.87. The van der Waals surface area contributed by atoms with E-state index >= 15 is 0 Å². The average molecular weight is 260 g/mol. The molecule has 1 aliphatic carbocycles. The van der Waals surface area contributed by atoms with Crippen molar-refractivity contribution in [2.45, 2.75) is 38.5 Å². The van der Waals surface area contributed by atoms with Gasteiger partial charge in [0.25, 0.3) is 0 Å². The van der Waals surface area contributed by atoms with Gasteiger partial charge in [-0.2, -0.15) is 0 Å². The second-order valence-electron chi connectivity index (χ2n) is 5.87. The summed E-state index contributed by atoms with van der Waals surface area (Å²) in [5.74, 6) is 0. The molecule has 2 rings (SSSR count). The zero-order chi connectivity index (χ0) is 13.3. The molecule has 0 saturated heterocycles. The lowest BCUT2D eigenvalue weighted by Gasteiger charge is -2.13. The van der Waals surface area contributed by atoms with E-state index in [-0.39, 0.29) is 5.41 Å². The van der Waals surface area contributed by atoms with Crippen molar-refractivity contribution in [3.8, 4) is 0 Å². The molecule has 96 valence electrons. The summed E-state index contributed by atoms with van der Waals surface area (Å²) < 4.78 is 12.3. The van der Waals surface area contributed by atoms with Crippen LogP contribution < -0.4 is 0 Å². The van der Waals surface area contributed by atoms with Crippen molar-refractivity contribution < 1.29 is 4.21 Å². The van der Waals surface area contributed by atoms with Gasteiger partial charge in [0.2, 0.25) is 0 Å². The van der Waals surface area contributed by atoms with E-state index in [2.05, 4.69) is 20.4 Å². The van der Waals surface area contributed by atoms with Gasteiger partial charge >= 0.3 is 0 Å². The van der Waals surface area contributed by atoms with Gasteiger partial charge in [0.15, 0.2) is 0 Å². The van der Waals surface area contributed by atoms with E-state index in [1.165, 1.54) is 11.1 Å². The van der Waals surface area contributed by atoms with E-state index in [4.69, 9.17) is 0 Å². The molecule has 1 saturated carbocycles. The third kappa shape index (κ3) is 2.99. The Hall–Kier alpha value is -1.15. The summed E-state index contributed by atoms with van der Waals surface area (Å²) in [7, 11) is -1.06. The van der Waals surface area contributed by atoms with Crippen molar-refractivity contribution in [1.82, 2.24) is 0 Å². The van der Waals surface area contributed by atoms with E-state index in [0.717, 1.165) is 23.3 Å². The van der Waals surface area contributed by atoms with Gasteiger partial charge in [-0.15, -0.1) is 0 Å². The standard InChI is InChI=1S/C16H20OS/c1-12-5-7-15(8-6-12)18(17)11-14-10-16(3,4)9-13(14)2/h5-8,11H,2,9-10H2,1,3-4H3/b14-11-. The predicted molar refractivity (Wildman–Crippen MR) is 77.8 cm³/mol. The Bertz CT molecular complexity index is 521. The number of hydrogen-bond donors (Lipinski definition) is 0. The van der Waals surface area contributed by atoms with Gasteiger partial charge < -0.3 is 0 Å². The quantitative estimate of drug-likeness (QED) is 0.772. The summed E-state index contributed by atoms with van der Waals surface area (Å²) in [5, 5.41) is 1.88. The summed E-state index contributed by atoms with van der Waals surface area (Å²) >= 11 is 0. The maximum Gasteiger partial charge on any atom is 0.0778 e. The summed E-state index contributed by atoms with van der Waals surface area (Å²) in [6.45, 7) is 10.6. The molecule has 0 heterocycles. The van der Waals surface area contributed by atoms with Crippen molar-refractivity contribution in [3.05, 3.63) is 53.0 Å². The van der Waals surface area contributed by atoms with Crippen LogP contribution >= 0.6 is 0 Å². The fourth-order valence-corrected chi connectivity index (χ4v) is 3.44. The van der Waals surface area contributed by atoms with E-state index in [9.17, 15) is 4.21 Å². The summed E-state index contributed by atoms with van der Waals surface area (Å²) in [4.78, 5) is 0.866. The van der Waals surface area contributed by atoms with Crippen molar-refractivity contribution in [2.24, 2.45) is 5.41 Å². The van der Waals surface area contributed by atoms with Crippen molar-refractivity contribution in [3.63, 3.8) is 0 Å². The molecule has 1 fully saturated rings. The highest BCUT2D eigenvalue weighted by molar-refractivity contribution is 7.88. The molecule has 0 aliphatic heterocycles. The molecule has 1 atom stereocenters. The number of rotatable bonds is 2. The highest BCUT2D eigenvalue weighted by Gasteiger charge is 2.29. The van der Waals surface area contributed by atoms with Crippen LogP contribution in [0.25, 0.3) is 0 Å². The van der Waals surface area contributed by atoms with Crippen LogP contribution in [0.5, 0.6) is 0 Å². The molecule has 1 aromatic carbocycles. The minimum absolute atomic E-state index is 0.264. The molecule has 0 N–H and O–H groups in total. The van der Waals surface area contributed by atoms with E-state index in [0.29, 0.717) is 0 Å². The maximum atomic E-state index is 12.3. The van der Waals surface area contributed by atoms with Crippen LogP contribution in [-0.2, 0) is 10.8 Å². The van der Waals surface area contributed by atoms with Gasteiger partial charge in [-0.25, -0.2) is 4.21 Å². The minimum atomic E-state index is -1.06. The lowest BCUT2D eigenvalue weighted by Crippen LogP contribution is -2.02. The molecule has 0 amide bonds. The maximum absolute atomic E-state index is 12.3. The smallest absolute Gasteiger partial charge is 0.0778 e. The van der Waals surface area contributed by atoms with E-state index in [1.807, 2.05) is 36.6 Å². The first-order valence-corrected chi connectivity index (χ1v) is 7.45. The number of benzene rings is 1. The highest BCUT2D eigenvalue weighted by atomic mass is 32.2. The first-order chi connectivity index (χ1) is 8.37. The molecule has 0 spiro atoms. The SMILES string of the molecule is C=C1CC(C)(C)C/C1=C/S(=O)c1ccc(C)cc1. The monoisotopic (exact) mass is 260 g/mol. The second kappa shape index (κ2) is 4.85. The molecule has 0 bridgehead atoms. The van der Waals surface area contributed by atoms with Crippen LogP contribution in [0.3, 0.4) is 0 Å². The van der Waals surface area contributed by atoms with Gasteiger partial charge in [-0.3, -0.25) is 0 Å². The topological polar surface area (TPSA) is 17.1 Å². The van der Waals surface area contributed by atoms with Crippen molar-refractivity contribution in [2.75, 3.05) is 0 Å². The Labute approximate surface area is 112 Å². The van der Waals surface area contributed by atoms with Crippen LogP contribution in [0.1, 0.15) is 32.3 Å². The Kier molecular flexibility index (Phi) is 3.58. The van der Waals surface area contributed by atoms with Crippen LogP contribution in [-0.4, -0.2) is 4.21 Å². The van der Waals surface area contributed by atoms with Gasteiger partial charge in [0.05, 0.1) is 10.8 Å². The molecule has 1 aromatic rings.